The zero-order valence-corrected chi connectivity index (χ0v) is 9.16. The molecule has 3 nitrogen and oxygen atoms in total. The van der Waals surface area contributed by atoms with Crippen LogP contribution >= 0.6 is 0 Å². The Morgan fingerprint density at radius 3 is 2.57 bits per heavy atom. The van der Waals surface area contributed by atoms with Crippen molar-refractivity contribution in [1.29, 1.82) is 0 Å². The molecule has 0 spiro atoms. The Bertz CT molecular complexity index is 371. The predicted molar refractivity (Wildman–Crippen MR) is 58.5 cm³/mol. The second-order valence-electron chi connectivity index (χ2n) is 3.98. The Morgan fingerprint density at radius 2 is 2.14 bits per heavy atom. The van der Waals surface area contributed by atoms with Gasteiger partial charge in [-0.05, 0) is 27.2 Å². The van der Waals surface area contributed by atoms with E-state index < -0.39 is 0 Å². The van der Waals surface area contributed by atoms with Gasteiger partial charge in [-0.2, -0.15) is 0 Å². The van der Waals surface area contributed by atoms with Gasteiger partial charge < -0.3 is 0 Å². The van der Waals surface area contributed by atoms with Crippen molar-refractivity contribution in [2.45, 2.75) is 39.8 Å². The molecule has 1 aromatic heterocycles. The van der Waals surface area contributed by atoms with Gasteiger partial charge in [-0.1, -0.05) is 5.57 Å². The van der Waals surface area contributed by atoms with E-state index in [2.05, 4.69) is 6.58 Å². The Morgan fingerprint density at radius 1 is 1.50 bits per heavy atom. The molecule has 0 aliphatic carbocycles. The first-order chi connectivity index (χ1) is 6.52. The molecule has 0 N–H and O–H groups in total. The third-order valence-electron chi connectivity index (χ3n) is 2.21. The molecule has 1 aromatic rings. The first-order valence-electron chi connectivity index (χ1n) is 4.94. The van der Waals surface area contributed by atoms with Gasteiger partial charge in [0.25, 0.3) is 0 Å². The van der Waals surface area contributed by atoms with E-state index in [4.69, 9.17) is 0 Å². The molecule has 0 saturated heterocycles. The average molecular weight is 194 g/mol. The number of aromatic nitrogens is 2. The van der Waals surface area contributed by atoms with Crippen LogP contribution in [-0.4, -0.2) is 9.13 Å². The summed E-state index contributed by atoms with van der Waals surface area (Å²) in [6.45, 7) is 10.5. The number of nitrogens with zero attached hydrogens (tertiary/aromatic N) is 2. The maximum absolute atomic E-state index is 11.7. The van der Waals surface area contributed by atoms with Crippen molar-refractivity contribution < 1.29 is 0 Å². The normalized spacial score (nSPS) is 10.9. The van der Waals surface area contributed by atoms with E-state index in [9.17, 15) is 4.79 Å². The number of aryl methyl sites for hydroxylation is 1. The lowest BCUT2D eigenvalue weighted by molar-refractivity contribution is 0.550. The highest BCUT2D eigenvalue weighted by molar-refractivity contribution is 4.90. The fourth-order valence-electron chi connectivity index (χ4n) is 1.30. The summed E-state index contributed by atoms with van der Waals surface area (Å²) in [5.74, 6) is 0. The molecule has 0 saturated carbocycles. The lowest BCUT2D eigenvalue weighted by Crippen LogP contribution is -2.25. The lowest BCUT2D eigenvalue weighted by atomic mass is 10.2. The molecular weight excluding hydrogens is 176 g/mol. The number of hydrogen-bond donors (Lipinski definition) is 0. The summed E-state index contributed by atoms with van der Waals surface area (Å²) < 4.78 is 3.47. The summed E-state index contributed by atoms with van der Waals surface area (Å²) in [5.41, 5.74) is 1.18. The molecular formula is C11H18N2O. The molecule has 0 fully saturated rings. The van der Waals surface area contributed by atoms with E-state index in [1.54, 1.807) is 9.13 Å². The fraction of sp³-hybridized carbons (Fsp3) is 0.545. The number of imidazole rings is 1. The van der Waals surface area contributed by atoms with Gasteiger partial charge in [0.1, 0.15) is 0 Å². The molecule has 3 heteroatoms. The summed E-state index contributed by atoms with van der Waals surface area (Å²) in [7, 11) is 0. The minimum atomic E-state index is 0.0706. The van der Waals surface area contributed by atoms with Gasteiger partial charge in [-0.25, -0.2) is 4.79 Å². The summed E-state index contributed by atoms with van der Waals surface area (Å²) in [6, 6.07) is 0.230. The van der Waals surface area contributed by atoms with Crippen molar-refractivity contribution in [2.24, 2.45) is 0 Å². The maximum Gasteiger partial charge on any atom is 0.328 e. The van der Waals surface area contributed by atoms with Gasteiger partial charge in [0.2, 0.25) is 0 Å². The van der Waals surface area contributed by atoms with Crippen molar-refractivity contribution in [1.82, 2.24) is 9.13 Å². The van der Waals surface area contributed by atoms with Crippen LogP contribution in [0.25, 0.3) is 0 Å². The molecule has 0 bridgehead atoms. The number of rotatable bonds is 4. The quantitative estimate of drug-likeness (QED) is 0.675. The van der Waals surface area contributed by atoms with Crippen molar-refractivity contribution >= 4 is 0 Å². The molecule has 78 valence electrons. The summed E-state index contributed by atoms with van der Waals surface area (Å²) in [4.78, 5) is 11.7. The minimum absolute atomic E-state index is 0.0706. The van der Waals surface area contributed by atoms with Crippen molar-refractivity contribution in [2.75, 3.05) is 0 Å². The highest BCUT2D eigenvalue weighted by Gasteiger charge is 2.04. The monoisotopic (exact) mass is 194 g/mol. The van der Waals surface area contributed by atoms with Crippen LogP contribution in [-0.2, 0) is 6.54 Å². The number of allylic oxidation sites excluding steroid dienone is 1. The maximum atomic E-state index is 11.7. The zero-order valence-electron chi connectivity index (χ0n) is 9.16. The van der Waals surface area contributed by atoms with Crippen molar-refractivity contribution in [3.05, 3.63) is 35.0 Å². The molecule has 1 heterocycles. The molecule has 0 radical (unpaired) electrons. The van der Waals surface area contributed by atoms with Crippen LogP contribution in [0, 0.1) is 0 Å². The van der Waals surface area contributed by atoms with Crippen LogP contribution in [0.4, 0.5) is 0 Å². The zero-order chi connectivity index (χ0) is 10.7. The lowest BCUT2D eigenvalue weighted by Gasteiger charge is -2.04. The van der Waals surface area contributed by atoms with Crippen molar-refractivity contribution in [3.8, 4) is 0 Å². The van der Waals surface area contributed by atoms with Gasteiger partial charge >= 0.3 is 5.69 Å². The van der Waals surface area contributed by atoms with Crippen LogP contribution in [0.1, 0.15) is 33.2 Å². The van der Waals surface area contributed by atoms with Crippen LogP contribution in [0.15, 0.2) is 29.3 Å². The summed E-state index contributed by atoms with van der Waals surface area (Å²) in [6.07, 6.45) is 4.54. The van der Waals surface area contributed by atoms with Gasteiger partial charge in [0.05, 0.1) is 0 Å². The molecule has 0 unspecified atom stereocenters. The molecule has 0 aliphatic rings. The van der Waals surface area contributed by atoms with Crippen LogP contribution in [0.2, 0.25) is 0 Å². The highest BCUT2D eigenvalue weighted by Crippen LogP contribution is 2.01. The molecule has 0 aromatic carbocycles. The minimum Gasteiger partial charge on any atom is -0.299 e. The highest BCUT2D eigenvalue weighted by atomic mass is 16.1. The van der Waals surface area contributed by atoms with Gasteiger partial charge in [0, 0.05) is 25.0 Å². The van der Waals surface area contributed by atoms with E-state index in [1.807, 2.05) is 33.2 Å². The largest absolute Gasteiger partial charge is 0.328 e. The molecule has 1 rings (SSSR count). The van der Waals surface area contributed by atoms with Gasteiger partial charge in [-0.3, -0.25) is 9.13 Å². The second kappa shape index (κ2) is 4.31. The Kier molecular flexibility index (Phi) is 3.33. The van der Waals surface area contributed by atoms with Crippen LogP contribution in [0.5, 0.6) is 0 Å². The molecule has 0 aliphatic heterocycles. The summed E-state index contributed by atoms with van der Waals surface area (Å²) in [5, 5.41) is 0. The van der Waals surface area contributed by atoms with Crippen molar-refractivity contribution in [3.63, 3.8) is 0 Å². The van der Waals surface area contributed by atoms with E-state index in [0.29, 0.717) is 0 Å². The smallest absolute Gasteiger partial charge is 0.299 e. The van der Waals surface area contributed by atoms with Crippen LogP contribution < -0.4 is 5.69 Å². The molecule has 0 amide bonds. The second-order valence-corrected chi connectivity index (χ2v) is 3.98. The van der Waals surface area contributed by atoms with Crippen LogP contribution in [0.3, 0.4) is 0 Å². The van der Waals surface area contributed by atoms with E-state index in [0.717, 1.165) is 18.5 Å². The number of hydrogen-bond acceptors (Lipinski definition) is 1. The Balaban J connectivity index is 2.80. The molecule has 0 atom stereocenters. The van der Waals surface area contributed by atoms with E-state index in [-0.39, 0.29) is 11.7 Å². The third-order valence-corrected chi connectivity index (χ3v) is 2.21. The predicted octanol–water partition coefficient (Wildman–Crippen LogP) is 2.20. The standard InChI is InChI=1S/C11H18N2O/c1-9(2)5-6-12-7-8-13(10(3)4)11(12)14/h7-8,10H,1,5-6H2,2-4H3. The Labute approximate surface area is 84.7 Å². The average Bonchev–Trinajstić information content (AvgIpc) is 2.43. The first-order valence-corrected chi connectivity index (χ1v) is 4.94. The summed E-state index contributed by atoms with van der Waals surface area (Å²) >= 11 is 0. The fourth-order valence-corrected chi connectivity index (χ4v) is 1.30. The topological polar surface area (TPSA) is 26.9 Å². The van der Waals surface area contributed by atoms with Gasteiger partial charge in [0.15, 0.2) is 0 Å². The van der Waals surface area contributed by atoms with E-state index >= 15 is 0 Å². The van der Waals surface area contributed by atoms with E-state index in [1.165, 1.54) is 0 Å². The molecule has 14 heavy (non-hydrogen) atoms. The third kappa shape index (κ3) is 2.37. The first kappa shape index (κ1) is 10.8. The Hall–Kier alpha value is -1.25. The van der Waals surface area contributed by atoms with Gasteiger partial charge in [-0.15, -0.1) is 6.58 Å². The SMILES string of the molecule is C=C(C)CCn1ccn(C(C)C)c1=O.